The zero-order valence-electron chi connectivity index (χ0n) is 11.6. The van der Waals surface area contributed by atoms with Gasteiger partial charge in [-0.05, 0) is 36.8 Å². The van der Waals surface area contributed by atoms with Crippen molar-refractivity contribution in [2.24, 2.45) is 0 Å². The molecule has 0 saturated carbocycles. The van der Waals surface area contributed by atoms with E-state index in [2.05, 4.69) is 10.4 Å². The lowest BCUT2D eigenvalue weighted by molar-refractivity contribution is 0.614. The highest BCUT2D eigenvalue weighted by Crippen LogP contribution is 2.19. The Bertz CT molecular complexity index is 837. The van der Waals surface area contributed by atoms with Crippen molar-refractivity contribution in [3.8, 4) is 0 Å². The van der Waals surface area contributed by atoms with Gasteiger partial charge in [-0.15, -0.1) is 5.10 Å². The predicted octanol–water partition coefficient (Wildman–Crippen LogP) is 2.57. The van der Waals surface area contributed by atoms with Crippen molar-refractivity contribution < 1.29 is 0 Å². The van der Waals surface area contributed by atoms with Gasteiger partial charge in [-0.2, -0.15) is 0 Å². The Morgan fingerprint density at radius 1 is 1.29 bits per heavy atom. The number of pyridine rings is 1. The zero-order chi connectivity index (χ0) is 14.8. The molecular weight excluding hydrogens is 288 g/mol. The van der Waals surface area contributed by atoms with E-state index in [1.807, 2.05) is 43.3 Å². The molecule has 3 aromatic rings. The van der Waals surface area contributed by atoms with Gasteiger partial charge in [0.05, 0.1) is 6.54 Å². The van der Waals surface area contributed by atoms with Crippen LogP contribution in [0.2, 0.25) is 5.02 Å². The number of halogens is 1. The van der Waals surface area contributed by atoms with Gasteiger partial charge < -0.3 is 5.32 Å². The number of nitrogens with zero attached hydrogens (tertiary/aromatic N) is 3. The largest absolute Gasteiger partial charge is 0.383 e. The minimum absolute atomic E-state index is 0.130. The van der Waals surface area contributed by atoms with Crippen LogP contribution in [0.3, 0.4) is 0 Å². The first-order valence-electron chi connectivity index (χ1n) is 6.69. The van der Waals surface area contributed by atoms with Gasteiger partial charge in [-0.1, -0.05) is 23.7 Å². The molecule has 0 radical (unpaired) electrons. The summed E-state index contributed by atoms with van der Waals surface area (Å²) in [6.07, 6.45) is 1.72. The van der Waals surface area contributed by atoms with Crippen LogP contribution in [-0.4, -0.2) is 20.7 Å². The molecule has 0 aliphatic carbocycles. The van der Waals surface area contributed by atoms with E-state index in [0.29, 0.717) is 18.7 Å². The molecule has 0 aliphatic heterocycles. The topological polar surface area (TPSA) is 51.3 Å². The highest BCUT2D eigenvalue weighted by molar-refractivity contribution is 6.31. The fraction of sp³-hybridized carbons (Fsp3) is 0.200. The van der Waals surface area contributed by atoms with Crippen LogP contribution in [0.25, 0.3) is 5.65 Å². The monoisotopic (exact) mass is 302 g/mol. The smallest absolute Gasteiger partial charge is 0.350 e. The molecule has 2 aromatic heterocycles. The second-order valence-electron chi connectivity index (χ2n) is 4.83. The van der Waals surface area contributed by atoms with Gasteiger partial charge >= 0.3 is 5.69 Å². The molecule has 0 bridgehead atoms. The van der Waals surface area contributed by atoms with E-state index in [1.165, 1.54) is 9.08 Å². The summed E-state index contributed by atoms with van der Waals surface area (Å²) < 4.78 is 2.99. The number of fused-ring (bicyclic) bond motifs is 1. The van der Waals surface area contributed by atoms with Crippen LogP contribution < -0.4 is 11.0 Å². The normalized spacial score (nSPS) is 11.0. The van der Waals surface area contributed by atoms with Crippen LogP contribution in [0.4, 0.5) is 5.69 Å². The molecule has 0 unspecified atom stereocenters. The molecule has 1 aromatic carbocycles. The molecule has 0 saturated heterocycles. The van der Waals surface area contributed by atoms with Gasteiger partial charge in [0, 0.05) is 23.5 Å². The van der Waals surface area contributed by atoms with Crippen molar-refractivity contribution in [1.29, 1.82) is 0 Å². The van der Waals surface area contributed by atoms with E-state index in [0.717, 1.165) is 16.3 Å². The van der Waals surface area contributed by atoms with Crippen molar-refractivity contribution >= 4 is 22.9 Å². The third kappa shape index (κ3) is 2.78. The molecule has 2 heterocycles. The Hall–Kier alpha value is -2.27. The quantitative estimate of drug-likeness (QED) is 0.806. The van der Waals surface area contributed by atoms with Crippen LogP contribution in [0.1, 0.15) is 5.56 Å². The number of rotatable bonds is 4. The zero-order valence-corrected chi connectivity index (χ0v) is 12.3. The highest BCUT2D eigenvalue weighted by atomic mass is 35.5. The average Bonchev–Trinajstić information content (AvgIpc) is 2.80. The Morgan fingerprint density at radius 2 is 2.14 bits per heavy atom. The van der Waals surface area contributed by atoms with E-state index in [9.17, 15) is 4.79 Å². The van der Waals surface area contributed by atoms with Crippen molar-refractivity contribution in [2.75, 3.05) is 11.9 Å². The summed E-state index contributed by atoms with van der Waals surface area (Å²) in [6, 6.07) is 11.3. The second-order valence-corrected chi connectivity index (χ2v) is 5.23. The fourth-order valence-corrected chi connectivity index (χ4v) is 2.30. The Morgan fingerprint density at radius 3 is 2.90 bits per heavy atom. The van der Waals surface area contributed by atoms with E-state index in [4.69, 9.17) is 11.6 Å². The summed E-state index contributed by atoms with van der Waals surface area (Å²) in [7, 11) is 0. The molecule has 3 rings (SSSR count). The second kappa shape index (κ2) is 5.61. The molecule has 6 heteroatoms. The van der Waals surface area contributed by atoms with Crippen molar-refractivity contribution in [2.45, 2.75) is 13.5 Å². The van der Waals surface area contributed by atoms with E-state index in [-0.39, 0.29) is 5.69 Å². The number of nitrogens with one attached hydrogen (secondary N) is 1. The molecule has 0 atom stereocenters. The van der Waals surface area contributed by atoms with Gasteiger partial charge in [0.1, 0.15) is 0 Å². The first-order valence-corrected chi connectivity index (χ1v) is 7.07. The van der Waals surface area contributed by atoms with Gasteiger partial charge in [0.25, 0.3) is 0 Å². The maximum Gasteiger partial charge on any atom is 0.350 e. The SMILES string of the molecule is Cc1ccc(NCCn2nc3ccccn3c2=O)cc1Cl. The van der Waals surface area contributed by atoms with Crippen LogP contribution in [-0.2, 0) is 6.54 Å². The Kier molecular flexibility index (Phi) is 3.66. The lowest BCUT2D eigenvalue weighted by Crippen LogP contribution is -2.24. The van der Waals surface area contributed by atoms with Gasteiger partial charge in [-0.25, -0.2) is 9.48 Å². The third-order valence-electron chi connectivity index (χ3n) is 3.31. The lowest BCUT2D eigenvalue weighted by Gasteiger charge is -2.07. The maximum absolute atomic E-state index is 12.1. The Labute approximate surface area is 126 Å². The lowest BCUT2D eigenvalue weighted by atomic mass is 10.2. The van der Waals surface area contributed by atoms with Crippen LogP contribution in [0.15, 0.2) is 47.4 Å². The summed E-state index contributed by atoms with van der Waals surface area (Å²) in [4.78, 5) is 12.1. The Balaban J connectivity index is 1.70. The van der Waals surface area contributed by atoms with Gasteiger partial charge in [-0.3, -0.25) is 4.40 Å². The predicted molar refractivity (Wildman–Crippen MR) is 84.1 cm³/mol. The maximum atomic E-state index is 12.1. The van der Waals surface area contributed by atoms with Crippen molar-refractivity contribution in [3.05, 3.63) is 63.7 Å². The highest BCUT2D eigenvalue weighted by Gasteiger charge is 2.05. The molecule has 0 amide bonds. The average molecular weight is 303 g/mol. The molecule has 21 heavy (non-hydrogen) atoms. The minimum Gasteiger partial charge on any atom is -0.383 e. The van der Waals surface area contributed by atoms with Crippen molar-refractivity contribution in [1.82, 2.24) is 14.2 Å². The summed E-state index contributed by atoms with van der Waals surface area (Å²) in [6.45, 7) is 3.05. The number of aromatic nitrogens is 3. The first-order chi connectivity index (χ1) is 10.1. The molecule has 0 spiro atoms. The number of benzene rings is 1. The molecular formula is C15H15ClN4O. The number of anilines is 1. The van der Waals surface area contributed by atoms with E-state index in [1.54, 1.807) is 6.20 Å². The fourth-order valence-electron chi connectivity index (χ4n) is 2.12. The molecule has 1 N–H and O–H groups in total. The van der Waals surface area contributed by atoms with E-state index < -0.39 is 0 Å². The number of hydrogen-bond acceptors (Lipinski definition) is 3. The standard InChI is InChI=1S/C15H15ClN4O/c1-11-5-6-12(10-13(11)16)17-7-9-20-15(21)19-8-3-2-4-14(19)18-20/h2-6,8,10,17H,7,9H2,1H3. The summed E-state index contributed by atoms with van der Waals surface area (Å²) in [5, 5.41) is 8.24. The minimum atomic E-state index is -0.130. The van der Waals surface area contributed by atoms with Crippen LogP contribution >= 0.6 is 11.6 Å². The number of hydrogen-bond donors (Lipinski definition) is 1. The molecule has 5 nitrogen and oxygen atoms in total. The first kappa shape index (κ1) is 13.7. The summed E-state index contributed by atoms with van der Waals surface area (Å²) in [5.74, 6) is 0. The third-order valence-corrected chi connectivity index (χ3v) is 3.72. The number of aryl methyl sites for hydroxylation is 1. The molecule has 0 aliphatic rings. The molecule has 108 valence electrons. The summed E-state index contributed by atoms with van der Waals surface area (Å²) >= 11 is 6.08. The van der Waals surface area contributed by atoms with Gasteiger partial charge in [0.2, 0.25) is 0 Å². The van der Waals surface area contributed by atoms with E-state index >= 15 is 0 Å². The van der Waals surface area contributed by atoms with Crippen LogP contribution in [0, 0.1) is 6.92 Å². The van der Waals surface area contributed by atoms with Gasteiger partial charge in [0.15, 0.2) is 5.65 Å². The van der Waals surface area contributed by atoms with Crippen LogP contribution in [0.5, 0.6) is 0 Å². The van der Waals surface area contributed by atoms with Crippen molar-refractivity contribution in [3.63, 3.8) is 0 Å². The molecule has 0 fully saturated rings. The summed E-state index contributed by atoms with van der Waals surface area (Å²) in [5.41, 5.74) is 2.50.